The highest BCUT2D eigenvalue weighted by molar-refractivity contribution is 4.85. The van der Waals surface area contributed by atoms with E-state index in [9.17, 15) is 0 Å². The summed E-state index contributed by atoms with van der Waals surface area (Å²) in [6, 6.07) is 1.29. The molecule has 0 aromatic heterocycles. The summed E-state index contributed by atoms with van der Waals surface area (Å²) in [6.07, 6.45) is 10.9. The van der Waals surface area contributed by atoms with Crippen LogP contribution in [0.4, 0.5) is 0 Å². The van der Waals surface area contributed by atoms with Gasteiger partial charge in [0.05, 0.1) is 0 Å². The molecule has 108 valence electrons. The van der Waals surface area contributed by atoms with Crippen molar-refractivity contribution >= 4 is 0 Å². The molecular weight excluding hydrogens is 218 g/mol. The van der Waals surface area contributed by atoms with Crippen molar-refractivity contribution in [3.05, 3.63) is 12.2 Å². The van der Waals surface area contributed by atoms with Crippen molar-refractivity contribution in [1.82, 2.24) is 5.32 Å². The van der Waals surface area contributed by atoms with Crippen LogP contribution in [0.2, 0.25) is 0 Å². The molecule has 1 N–H and O–H groups in total. The highest BCUT2D eigenvalue weighted by atomic mass is 15.0. The fraction of sp³-hybridized carbons (Fsp3) is 0.882. The lowest BCUT2D eigenvalue weighted by atomic mass is 9.91. The van der Waals surface area contributed by atoms with Crippen molar-refractivity contribution in [1.29, 1.82) is 0 Å². The first kappa shape index (κ1) is 17.7. The van der Waals surface area contributed by atoms with Crippen LogP contribution in [0.15, 0.2) is 12.2 Å². The van der Waals surface area contributed by atoms with Crippen LogP contribution >= 0.6 is 0 Å². The molecule has 0 aliphatic heterocycles. The Balaban J connectivity index is 4.16. The van der Waals surface area contributed by atoms with Crippen molar-refractivity contribution in [3.63, 3.8) is 0 Å². The third-order valence-corrected chi connectivity index (χ3v) is 4.21. The van der Waals surface area contributed by atoms with Gasteiger partial charge < -0.3 is 5.32 Å². The summed E-state index contributed by atoms with van der Waals surface area (Å²) < 4.78 is 0. The van der Waals surface area contributed by atoms with E-state index in [1.54, 1.807) is 0 Å². The molecule has 1 nitrogen and oxygen atoms in total. The second kappa shape index (κ2) is 10.6. The van der Waals surface area contributed by atoms with Gasteiger partial charge in [-0.2, -0.15) is 0 Å². The van der Waals surface area contributed by atoms with E-state index in [4.69, 9.17) is 0 Å². The van der Waals surface area contributed by atoms with Crippen LogP contribution in [0.5, 0.6) is 0 Å². The minimum atomic E-state index is 0.634. The van der Waals surface area contributed by atoms with Gasteiger partial charge in [-0.3, -0.25) is 0 Å². The largest absolute Gasteiger partial charge is 0.311 e. The van der Waals surface area contributed by atoms with Crippen molar-refractivity contribution in [2.45, 2.75) is 85.7 Å². The zero-order valence-electron chi connectivity index (χ0n) is 13.5. The lowest BCUT2D eigenvalue weighted by Crippen LogP contribution is -2.43. The minimum absolute atomic E-state index is 0.634. The Morgan fingerprint density at radius 2 is 1.72 bits per heavy atom. The molecule has 0 saturated carbocycles. The van der Waals surface area contributed by atoms with E-state index in [-0.39, 0.29) is 0 Å². The molecule has 0 aliphatic rings. The first-order valence-corrected chi connectivity index (χ1v) is 7.93. The van der Waals surface area contributed by atoms with E-state index in [0.717, 1.165) is 11.8 Å². The predicted octanol–water partition coefficient (Wildman–Crippen LogP) is 5.17. The molecule has 0 spiro atoms. The number of allylic oxidation sites excluding steroid dienone is 2. The zero-order chi connectivity index (χ0) is 14.0. The fourth-order valence-corrected chi connectivity index (χ4v) is 2.48. The smallest absolute Gasteiger partial charge is 0.00956 e. The standard InChI is InChI=1S/C17H35N/c1-7-10-12-14(4)16(6)18-17(9-3)15(5)13-11-8-2/h8,11,14-18H,7,9-10,12-13H2,1-6H3. The van der Waals surface area contributed by atoms with Gasteiger partial charge in [-0.25, -0.2) is 0 Å². The van der Waals surface area contributed by atoms with E-state index in [1.807, 2.05) is 0 Å². The van der Waals surface area contributed by atoms with E-state index < -0.39 is 0 Å². The van der Waals surface area contributed by atoms with Crippen molar-refractivity contribution in [3.8, 4) is 0 Å². The van der Waals surface area contributed by atoms with Gasteiger partial charge in [0.2, 0.25) is 0 Å². The maximum Gasteiger partial charge on any atom is 0.00956 e. The molecule has 0 bridgehead atoms. The van der Waals surface area contributed by atoms with E-state index in [2.05, 4.69) is 59.0 Å². The Morgan fingerprint density at radius 3 is 2.22 bits per heavy atom. The Labute approximate surface area is 115 Å². The summed E-state index contributed by atoms with van der Waals surface area (Å²) in [6.45, 7) is 13.8. The molecule has 18 heavy (non-hydrogen) atoms. The Hall–Kier alpha value is -0.300. The Morgan fingerprint density at radius 1 is 1.06 bits per heavy atom. The Kier molecular flexibility index (Phi) is 10.4. The average Bonchev–Trinajstić information content (AvgIpc) is 2.38. The summed E-state index contributed by atoms with van der Waals surface area (Å²) >= 11 is 0. The highest BCUT2D eigenvalue weighted by Gasteiger charge is 2.19. The molecule has 0 rings (SSSR count). The van der Waals surface area contributed by atoms with Crippen molar-refractivity contribution in [2.75, 3.05) is 0 Å². The van der Waals surface area contributed by atoms with Crippen LogP contribution in [0.3, 0.4) is 0 Å². The number of hydrogen-bond donors (Lipinski definition) is 1. The van der Waals surface area contributed by atoms with Crippen LogP contribution in [0.1, 0.15) is 73.6 Å². The predicted molar refractivity (Wildman–Crippen MR) is 84.0 cm³/mol. The highest BCUT2D eigenvalue weighted by Crippen LogP contribution is 2.17. The molecule has 0 amide bonds. The average molecular weight is 253 g/mol. The molecule has 0 aliphatic carbocycles. The monoisotopic (exact) mass is 253 g/mol. The summed E-state index contributed by atoms with van der Waals surface area (Å²) in [4.78, 5) is 0. The van der Waals surface area contributed by atoms with E-state index in [0.29, 0.717) is 12.1 Å². The summed E-state index contributed by atoms with van der Waals surface area (Å²) in [5, 5.41) is 3.85. The first-order valence-electron chi connectivity index (χ1n) is 7.93. The molecule has 1 heteroatoms. The van der Waals surface area contributed by atoms with Gasteiger partial charge >= 0.3 is 0 Å². The van der Waals surface area contributed by atoms with Gasteiger partial charge in [-0.1, -0.05) is 52.7 Å². The molecule has 0 aromatic carbocycles. The fourth-order valence-electron chi connectivity index (χ4n) is 2.48. The SMILES string of the molecule is CC=CCC(C)C(CC)NC(C)C(C)CCCC. The summed E-state index contributed by atoms with van der Waals surface area (Å²) in [7, 11) is 0. The normalized spacial score (nSPS) is 18.8. The maximum absolute atomic E-state index is 3.85. The molecule has 0 radical (unpaired) electrons. The molecular formula is C17H35N. The quantitative estimate of drug-likeness (QED) is 0.529. The van der Waals surface area contributed by atoms with Crippen LogP contribution in [-0.2, 0) is 0 Å². The molecule has 0 heterocycles. The number of unbranched alkanes of at least 4 members (excludes halogenated alkanes) is 1. The molecule has 0 fully saturated rings. The van der Waals surface area contributed by atoms with Gasteiger partial charge in [0.25, 0.3) is 0 Å². The van der Waals surface area contributed by atoms with E-state index in [1.165, 1.54) is 32.1 Å². The Bertz CT molecular complexity index is 210. The second-order valence-corrected chi connectivity index (χ2v) is 5.87. The molecule has 4 atom stereocenters. The third-order valence-electron chi connectivity index (χ3n) is 4.21. The van der Waals surface area contributed by atoms with Crippen LogP contribution < -0.4 is 5.32 Å². The van der Waals surface area contributed by atoms with Gasteiger partial charge in [0.15, 0.2) is 0 Å². The minimum Gasteiger partial charge on any atom is -0.311 e. The first-order chi connectivity index (χ1) is 8.56. The third kappa shape index (κ3) is 7.20. The maximum atomic E-state index is 3.85. The number of nitrogens with one attached hydrogen (secondary N) is 1. The van der Waals surface area contributed by atoms with Gasteiger partial charge in [-0.05, 0) is 44.9 Å². The van der Waals surface area contributed by atoms with Crippen LogP contribution in [-0.4, -0.2) is 12.1 Å². The summed E-state index contributed by atoms with van der Waals surface area (Å²) in [5.41, 5.74) is 0. The lowest BCUT2D eigenvalue weighted by molar-refractivity contribution is 0.282. The number of hydrogen-bond acceptors (Lipinski definition) is 1. The molecule has 4 unspecified atom stereocenters. The zero-order valence-corrected chi connectivity index (χ0v) is 13.5. The van der Waals surface area contributed by atoms with Crippen LogP contribution in [0, 0.1) is 11.8 Å². The topological polar surface area (TPSA) is 12.0 Å². The van der Waals surface area contributed by atoms with Gasteiger partial charge in [0.1, 0.15) is 0 Å². The lowest BCUT2D eigenvalue weighted by Gasteiger charge is -2.30. The second-order valence-electron chi connectivity index (χ2n) is 5.87. The molecule has 0 aromatic rings. The van der Waals surface area contributed by atoms with Gasteiger partial charge in [-0.15, -0.1) is 0 Å². The molecule has 0 saturated heterocycles. The van der Waals surface area contributed by atoms with Gasteiger partial charge in [0, 0.05) is 12.1 Å². The number of rotatable bonds is 10. The van der Waals surface area contributed by atoms with Crippen LogP contribution in [0.25, 0.3) is 0 Å². The van der Waals surface area contributed by atoms with Crippen molar-refractivity contribution < 1.29 is 0 Å². The summed E-state index contributed by atoms with van der Waals surface area (Å²) in [5.74, 6) is 1.51. The van der Waals surface area contributed by atoms with Crippen molar-refractivity contribution in [2.24, 2.45) is 11.8 Å². The van der Waals surface area contributed by atoms with E-state index >= 15 is 0 Å².